The third-order valence-corrected chi connectivity index (χ3v) is 3.74. The van der Waals surface area contributed by atoms with E-state index in [1.165, 1.54) is 18.2 Å². The average molecular weight is 333 g/mol. The second-order valence-corrected chi connectivity index (χ2v) is 5.58. The molecule has 0 fully saturated rings. The number of aryl methyl sites for hydroxylation is 1. The lowest BCUT2D eigenvalue weighted by Crippen LogP contribution is -2.16. The molecule has 0 spiro atoms. The van der Waals surface area contributed by atoms with Gasteiger partial charge in [-0.2, -0.15) is 0 Å². The predicted octanol–water partition coefficient (Wildman–Crippen LogP) is 1.76. The minimum Gasteiger partial charge on any atom is -0.478 e. The van der Waals surface area contributed by atoms with Crippen molar-refractivity contribution in [2.75, 3.05) is 11.1 Å². The molecular weight excluding hydrogens is 318 g/mol. The van der Waals surface area contributed by atoms with Gasteiger partial charge in [-0.05, 0) is 24.6 Å². The minimum atomic E-state index is -1.06. The Balaban J connectivity index is 1.98. The van der Waals surface area contributed by atoms with Crippen molar-refractivity contribution < 1.29 is 14.7 Å². The quantitative estimate of drug-likeness (QED) is 0.548. The molecular formula is C15H15N3O4S. The average Bonchev–Trinajstić information content (AvgIpc) is 2.52. The van der Waals surface area contributed by atoms with Crippen molar-refractivity contribution >= 4 is 29.3 Å². The molecule has 0 aliphatic rings. The van der Waals surface area contributed by atoms with Crippen LogP contribution in [0.15, 0.2) is 40.3 Å². The van der Waals surface area contributed by atoms with Crippen LogP contribution >= 0.6 is 11.8 Å². The molecule has 1 aromatic heterocycles. The summed E-state index contributed by atoms with van der Waals surface area (Å²) < 4.78 is 0. The highest BCUT2D eigenvalue weighted by Gasteiger charge is 2.08. The van der Waals surface area contributed by atoms with Crippen molar-refractivity contribution in [2.45, 2.75) is 18.5 Å². The standard InChI is InChI=1S/C15H15N3O4S/c1-2-10-7-12(19)18-15(17-10)23-8-13(20)16-11-5-3-4-9(6-11)14(21)22/h3-7H,2,8H2,1H3,(H,16,20)(H,21,22)(H,17,18,19). The number of thioether (sulfide) groups is 1. The van der Waals surface area contributed by atoms with Crippen LogP contribution in [0.1, 0.15) is 23.0 Å². The highest BCUT2D eigenvalue weighted by molar-refractivity contribution is 7.99. The van der Waals surface area contributed by atoms with Crippen LogP contribution in [0.4, 0.5) is 5.69 Å². The third kappa shape index (κ3) is 4.96. The van der Waals surface area contributed by atoms with Crippen LogP contribution in [-0.4, -0.2) is 32.7 Å². The van der Waals surface area contributed by atoms with E-state index in [0.29, 0.717) is 23.0 Å². The summed E-state index contributed by atoms with van der Waals surface area (Å²) in [6.45, 7) is 1.89. The van der Waals surface area contributed by atoms with Crippen LogP contribution in [0.2, 0.25) is 0 Å². The normalized spacial score (nSPS) is 10.3. The number of nitrogens with zero attached hydrogens (tertiary/aromatic N) is 1. The molecule has 23 heavy (non-hydrogen) atoms. The fourth-order valence-electron chi connectivity index (χ4n) is 1.79. The van der Waals surface area contributed by atoms with E-state index < -0.39 is 5.97 Å². The van der Waals surface area contributed by atoms with E-state index >= 15 is 0 Å². The van der Waals surface area contributed by atoms with Gasteiger partial charge in [0.25, 0.3) is 5.56 Å². The Hall–Kier alpha value is -2.61. The highest BCUT2D eigenvalue weighted by atomic mass is 32.2. The molecule has 0 atom stereocenters. The Bertz CT molecular complexity index is 788. The molecule has 0 aliphatic heterocycles. The number of aromatic nitrogens is 2. The van der Waals surface area contributed by atoms with Crippen LogP contribution in [0.25, 0.3) is 0 Å². The number of carbonyl (C=O) groups is 2. The van der Waals surface area contributed by atoms with Gasteiger partial charge in [0.1, 0.15) is 0 Å². The maximum absolute atomic E-state index is 11.9. The van der Waals surface area contributed by atoms with E-state index in [9.17, 15) is 14.4 Å². The fourth-order valence-corrected chi connectivity index (χ4v) is 2.49. The molecule has 8 heteroatoms. The first kappa shape index (κ1) is 16.8. The number of rotatable bonds is 6. The number of nitrogens with one attached hydrogen (secondary N) is 2. The molecule has 2 rings (SSSR count). The Morgan fingerprint density at radius 1 is 1.35 bits per heavy atom. The van der Waals surface area contributed by atoms with Gasteiger partial charge in [0.2, 0.25) is 5.91 Å². The van der Waals surface area contributed by atoms with E-state index in [0.717, 1.165) is 11.8 Å². The Morgan fingerprint density at radius 3 is 2.83 bits per heavy atom. The number of carbonyl (C=O) groups excluding carboxylic acids is 1. The van der Waals surface area contributed by atoms with Gasteiger partial charge < -0.3 is 15.4 Å². The van der Waals surface area contributed by atoms with Crippen molar-refractivity contribution in [3.63, 3.8) is 0 Å². The number of hydrogen-bond donors (Lipinski definition) is 3. The predicted molar refractivity (Wildman–Crippen MR) is 87.0 cm³/mol. The van der Waals surface area contributed by atoms with E-state index in [-0.39, 0.29) is 22.8 Å². The molecule has 3 N–H and O–H groups in total. The zero-order chi connectivity index (χ0) is 16.8. The molecule has 2 aromatic rings. The molecule has 1 amide bonds. The summed E-state index contributed by atoms with van der Waals surface area (Å²) in [7, 11) is 0. The number of aromatic amines is 1. The SMILES string of the molecule is CCc1cc(=O)[nH]c(SCC(=O)Nc2cccc(C(=O)O)c2)n1. The third-order valence-electron chi connectivity index (χ3n) is 2.87. The molecule has 0 radical (unpaired) electrons. The van der Waals surface area contributed by atoms with Crippen LogP contribution in [0.5, 0.6) is 0 Å². The molecule has 1 aromatic carbocycles. The first-order chi connectivity index (χ1) is 11.0. The smallest absolute Gasteiger partial charge is 0.335 e. The maximum Gasteiger partial charge on any atom is 0.335 e. The topological polar surface area (TPSA) is 112 Å². The van der Waals surface area contributed by atoms with Crippen molar-refractivity contribution in [3.8, 4) is 0 Å². The maximum atomic E-state index is 11.9. The lowest BCUT2D eigenvalue weighted by molar-refractivity contribution is -0.113. The summed E-state index contributed by atoms with van der Waals surface area (Å²) in [6.07, 6.45) is 0.631. The number of aromatic carboxylic acids is 1. The summed E-state index contributed by atoms with van der Waals surface area (Å²) in [6, 6.07) is 7.39. The van der Waals surface area contributed by atoms with Gasteiger partial charge in [-0.25, -0.2) is 9.78 Å². The lowest BCUT2D eigenvalue weighted by atomic mass is 10.2. The number of H-pyrrole nitrogens is 1. The van der Waals surface area contributed by atoms with Crippen LogP contribution in [0, 0.1) is 0 Å². The van der Waals surface area contributed by atoms with Crippen molar-refractivity contribution in [1.29, 1.82) is 0 Å². The number of amides is 1. The molecule has 7 nitrogen and oxygen atoms in total. The first-order valence-electron chi connectivity index (χ1n) is 6.84. The molecule has 0 aliphatic carbocycles. The number of carboxylic acids is 1. The summed E-state index contributed by atoms with van der Waals surface area (Å²) in [5.41, 5.74) is 0.899. The molecule has 0 bridgehead atoms. The summed E-state index contributed by atoms with van der Waals surface area (Å²) in [5, 5.41) is 11.9. The Kier molecular flexibility index (Phi) is 5.53. The van der Waals surface area contributed by atoms with Crippen LogP contribution < -0.4 is 10.9 Å². The number of carboxylic acid groups (broad SMARTS) is 1. The highest BCUT2D eigenvalue weighted by Crippen LogP contribution is 2.14. The van der Waals surface area contributed by atoms with Gasteiger partial charge >= 0.3 is 5.97 Å². The van der Waals surface area contributed by atoms with E-state index in [1.807, 2.05) is 6.92 Å². The molecule has 0 saturated heterocycles. The lowest BCUT2D eigenvalue weighted by Gasteiger charge is -2.06. The number of hydrogen-bond acceptors (Lipinski definition) is 5. The van der Waals surface area contributed by atoms with E-state index in [2.05, 4.69) is 15.3 Å². The molecule has 1 heterocycles. The second kappa shape index (κ2) is 7.59. The van der Waals surface area contributed by atoms with Gasteiger partial charge in [-0.3, -0.25) is 9.59 Å². The summed E-state index contributed by atoms with van der Waals surface area (Å²) >= 11 is 1.11. The minimum absolute atomic E-state index is 0.0490. The zero-order valence-corrected chi connectivity index (χ0v) is 13.1. The largest absolute Gasteiger partial charge is 0.478 e. The van der Waals surface area contributed by atoms with Crippen molar-refractivity contribution in [2.24, 2.45) is 0 Å². The van der Waals surface area contributed by atoms with E-state index in [1.54, 1.807) is 12.1 Å². The second-order valence-electron chi connectivity index (χ2n) is 4.62. The fraction of sp³-hybridized carbons (Fsp3) is 0.200. The van der Waals surface area contributed by atoms with Crippen LogP contribution in [0.3, 0.4) is 0 Å². The van der Waals surface area contributed by atoms with Gasteiger partial charge in [-0.15, -0.1) is 0 Å². The van der Waals surface area contributed by atoms with Gasteiger partial charge in [0, 0.05) is 17.4 Å². The summed E-state index contributed by atoms with van der Waals surface area (Å²) in [5.74, 6) is -1.33. The first-order valence-corrected chi connectivity index (χ1v) is 7.82. The van der Waals surface area contributed by atoms with Gasteiger partial charge in [-0.1, -0.05) is 24.8 Å². The van der Waals surface area contributed by atoms with Crippen LogP contribution in [-0.2, 0) is 11.2 Å². The Labute approximate surface area is 136 Å². The molecule has 120 valence electrons. The molecule has 0 saturated carbocycles. The van der Waals surface area contributed by atoms with Crippen molar-refractivity contribution in [1.82, 2.24) is 9.97 Å². The van der Waals surface area contributed by atoms with Gasteiger partial charge in [0.05, 0.1) is 11.3 Å². The Morgan fingerprint density at radius 2 is 2.13 bits per heavy atom. The summed E-state index contributed by atoms with van der Waals surface area (Å²) in [4.78, 5) is 41.0. The zero-order valence-electron chi connectivity index (χ0n) is 12.3. The number of benzene rings is 1. The monoisotopic (exact) mass is 333 g/mol. The van der Waals surface area contributed by atoms with Gasteiger partial charge in [0.15, 0.2) is 5.16 Å². The molecule has 0 unspecified atom stereocenters. The van der Waals surface area contributed by atoms with Crippen molar-refractivity contribution in [3.05, 3.63) is 51.9 Å². The van der Waals surface area contributed by atoms with E-state index in [4.69, 9.17) is 5.11 Å². The number of anilines is 1.